The standard InChI is InChI=1S/C28H29F2NO3/c1-6-19-10-7-9-18(2)26(19)27(33)31(17-25(32)34-28(3,4)5)22-12-8-11-20(15-22)21-13-14-23(29)24(30)16-21/h7-16H,6,17H2,1-5H3. The van der Waals surface area contributed by atoms with Crippen molar-refractivity contribution in [1.82, 2.24) is 0 Å². The molecule has 0 spiro atoms. The van der Waals surface area contributed by atoms with E-state index in [4.69, 9.17) is 4.74 Å². The van der Waals surface area contributed by atoms with Gasteiger partial charge in [0.2, 0.25) is 0 Å². The van der Waals surface area contributed by atoms with Crippen LogP contribution in [-0.4, -0.2) is 24.0 Å². The van der Waals surface area contributed by atoms with Crippen molar-refractivity contribution in [3.8, 4) is 11.1 Å². The summed E-state index contributed by atoms with van der Waals surface area (Å²) in [5.74, 6) is -2.78. The smallest absolute Gasteiger partial charge is 0.326 e. The third-order valence-corrected chi connectivity index (χ3v) is 5.32. The molecular weight excluding hydrogens is 436 g/mol. The number of carbonyl (C=O) groups is 2. The quantitative estimate of drug-likeness (QED) is 0.391. The van der Waals surface area contributed by atoms with Gasteiger partial charge in [-0.3, -0.25) is 14.5 Å². The first-order valence-corrected chi connectivity index (χ1v) is 11.2. The molecule has 0 aromatic heterocycles. The van der Waals surface area contributed by atoms with Crippen molar-refractivity contribution in [3.05, 3.63) is 89.0 Å². The molecule has 178 valence electrons. The molecule has 3 rings (SSSR count). The molecule has 0 atom stereocenters. The van der Waals surface area contributed by atoms with Crippen molar-refractivity contribution >= 4 is 17.6 Å². The molecule has 0 radical (unpaired) electrons. The average molecular weight is 466 g/mol. The van der Waals surface area contributed by atoms with Gasteiger partial charge in [0.25, 0.3) is 5.91 Å². The fraction of sp³-hybridized carbons (Fsp3) is 0.286. The van der Waals surface area contributed by atoms with E-state index in [1.165, 1.54) is 11.0 Å². The first-order valence-electron chi connectivity index (χ1n) is 11.2. The highest BCUT2D eigenvalue weighted by atomic mass is 19.2. The van der Waals surface area contributed by atoms with Crippen molar-refractivity contribution in [2.45, 2.75) is 46.6 Å². The molecule has 0 bridgehead atoms. The van der Waals surface area contributed by atoms with Gasteiger partial charge in [-0.2, -0.15) is 0 Å². The Kier molecular flexibility index (Phi) is 7.50. The van der Waals surface area contributed by atoms with Crippen LogP contribution in [-0.2, 0) is 16.0 Å². The van der Waals surface area contributed by atoms with Crippen molar-refractivity contribution in [3.63, 3.8) is 0 Å². The maximum Gasteiger partial charge on any atom is 0.326 e. The molecule has 0 heterocycles. The van der Waals surface area contributed by atoms with Crippen molar-refractivity contribution in [1.29, 1.82) is 0 Å². The monoisotopic (exact) mass is 465 g/mol. The van der Waals surface area contributed by atoms with E-state index in [-0.39, 0.29) is 12.5 Å². The summed E-state index contributed by atoms with van der Waals surface area (Å²) in [4.78, 5) is 27.9. The van der Waals surface area contributed by atoms with Crippen LogP contribution in [0.25, 0.3) is 11.1 Å². The van der Waals surface area contributed by atoms with Gasteiger partial charge in [-0.05, 0) is 80.6 Å². The Morgan fingerprint density at radius 2 is 1.59 bits per heavy atom. The Morgan fingerprint density at radius 1 is 0.912 bits per heavy atom. The summed E-state index contributed by atoms with van der Waals surface area (Å²) in [6.07, 6.45) is 0.651. The third kappa shape index (κ3) is 5.87. The number of aryl methyl sites for hydroxylation is 2. The van der Waals surface area contributed by atoms with Crippen molar-refractivity contribution < 1.29 is 23.1 Å². The Hall–Kier alpha value is -3.54. The second kappa shape index (κ2) is 10.2. The van der Waals surface area contributed by atoms with Crippen molar-refractivity contribution in [2.24, 2.45) is 0 Å². The normalized spacial score (nSPS) is 11.3. The highest BCUT2D eigenvalue weighted by molar-refractivity contribution is 6.10. The maximum absolute atomic E-state index is 13.8. The molecule has 6 heteroatoms. The van der Waals surface area contributed by atoms with E-state index in [9.17, 15) is 18.4 Å². The van der Waals surface area contributed by atoms with Crippen LogP contribution in [0.2, 0.25) is 0 Å². The van der Waals surface area contributed by atoms with Gasteiger partial charge in [0.15, 0.2) is 11.6 Å². The van der Waals surface area contributed by atoms with Crippen molar-refractivity contribution in [2.75, 3.05) is 11.4 Å². The molecule has 3 aromatic carbocycles. The Morgan fingerprint density at radius 3 is 2.24 bits per heavy atom. The molecule has 0 N–H and O–H groups in total. The highest BCUT2D eigenvalue weighted by Gasteiger charge is 2.27. The first-order chi connectivity index (χ1) is 16.0. The van der Waals surface area contributed by atoms with Crippen LogP contribution in [0.15, 0.2) is 60.7 Å². The van der Waals surface area contributed by atoms with Gasteiger partial charge in [-0.25, -0.2) is 8.78 Å². The van der Waals surface area contributed by atoms with Crippen LogP contribution in [0, 0.1) is 18.6 Å². The number of hydrogen-bond donors (Lipinski definition) is 0. The van der Waals surface area contributed by atoms with Crippen LogP contribution < -0.4 is 4.90 Å². The zero-order chi connectivity index (χ0) is 25.0. The lowest BCUT2D eigenvalue weighted by Gasteiger charge is -2.27. The van der Waals surface area contributed by atoms with Crippen LogP contribution in [0.5, 0.6) is 0 Å². The summed E-state index contributed by atoms with van der Waals surface area (Å²) in [6, 6.07) is 16.1. The van der Waals surface area contributed by atoms with Gasteiger partial charge in [-0.15, -0.1) is 0 Å². The van der Waals surface area contributed by atoms with Crippen LogP contribution >= 0.6 is 0 Å². The summed E-state index contributed by atoms with van der Waals surface area (Å²) in [5, 5.41) is 0. The molecule has 0 unspecified atom stereocenters. The number of hydrogen-bond acceptors (Lipinski definition) is 3. The Balaban J connectivity index is 2.08. The zero-order valence-electron chi connectivity index (χ0n) is 20.1. The lowest BCUT2D eigenvalue weighted by Crippen LogP contribution is -2.39. The van der Waals surface area contributed by atoms with Crippen LogP contribution in [0.3, 0.4) is 0 Å². The topological polar surface area (TPSA) is 46.6 Å². The van der Waals surface area contributed by atoms with Gasteiger partial charge in [-0.1, -0.05) is 43.3 Å². The number of ether oxygens (including phenoxy) is 1. The molecule has 0 saturated carbocycles. The largest absolute Gasteiger partial charge is 0.459 e. The minimum absolute atomic E-state index is 0.297. The fourth-order valence-corrected chi connectivity index (χ4v) is 3.78. The summed E-state index contributed by atoms with van der Waals surface area (Å²) < 4.78 is 32.7. The Bertz CT molecular complexity index is 1210. The summed E-state index contributed by atoms with van der Waals surface area (Å²) in [7, 11) is 0. The predicted molar refractivity (Wildman–Crippen MR) is 130 cm³/mol. The summed E-state index contributed by atoms with van der Waals surface area (Å²) >= 11 is 0. The molecule has 0 saturated heterocycles. The van der Waals surface area contributed by atoms with Gasteiger partial charge in [0.05, 0.1) is 0 Å². The van der Waals surface area contributed by atoms with E-state index in [0.717, 1.165) is 23.3 Å². The number of rotatable bonds is 6. The second-order valence-electron chi connectivity index (χ2n) is 9.12. The molecule has 0 aliphatic heterocycles. The Labute approximate surface area is 199 Å². The third-order valence-electron chi connectivity index (χ3n) is 5.32. The average Bonchev–Trinajstić information content (AvgIpc) is 2.77. The number of benzene rings is 3. The lowest BCUT2D eigenvalue weighted by atomic mass is 9.98. The SMILES string of the molecule is CCc1cccc(C)c1C(=O)N(CC(=O)OC(C)(C)C)c1cccc(-c2ccc(F)c(F)c2)c1. The molecule has 0 fully saturated rings. The van der Waals surface area contributed by atoms with E-state index in [0.29, 0.717) is 28.8 Å². The van der Waals surface area contributed by atoms with Crippen LogP contribution in [0.1, 0.15) is 49.2 Å². The van der Waals surface area contributed by atoms with E-state index in [1.54, 1.807) is 45.0 Å². The summed E-state index contributed by atoms with van der Waals surface area (Å²) in [5.41, 5.74) is 2.98. The fourth-order valence-electron chi connectivity index (χ4n) is 3.78. The van der Waals surface area contributed by atoms with E-state index in [1.807, 2.05) is 32.0 Å². The molecule has 4 nitrogen and oxygen atoms in total. The van der Waals surface area contributed by atoms with Gasteiger partial charge >= 0.3 is 5.97 Å². The zero-order valence-corrected chi connectivity index (χ0v) is 20.1. The van der Waals surface area contributed by atoms with E-state index >= 15 is 0 Å². The minimum Gasteiger partial charge on any atom is -0.459 e. The number of nitrogens with zero attached hydrogens (tertiary/aromatic N) is 1. The molecule has 0 aliphatic carbocycles. The maximum atomic E-state index is 13.8. The van der Waals surface area contributed by atoms with E-state index in [2.05, 4.69) is 0 Å². The van der Waals surface area contributed by atoms with Gasteiger partial charge < -0.3 is 4.74 Å². The number of anilines is 1. The molecule has 3 aromatic rings. The molecule has 34 heavy (non-hydrogen) atoms. The molecular formula is C28H29F2NO3. The lowest BCUT2D eigenvalue weighted by molar-refractivity contribution is -0.152. The van der Waals surface area contributed by atoms with E-state index < -0.39 is 23.2 Å². The summed E-state index contributed by atoms with van der Waals surface area (Å²) in [6.45, 7) is 8.81. The van der Waals surface area contributed by atoms with Gasteiger partial charge in [0.1, 0.15) is 12.1 Å². The predicted octanol–water partition coefficient (Wildman–Crippen LogP) is 6.49. The first kappa shape index (κ1) is 25.1. The minimum atomic E-state index is -0.961. The van der Waals surface area contributed by atoms with Gasteiger partial charge in [0, 0.05) is 11.3 Å². The number of amides is 1. The second-order valence-corrected chi connectivity index (χ2v) is 9.12. The molecule has 0 aliphatic rings. The number of esters is 1. The molecule has 1 amide bonds. The number of carbonyl (C=O) groups excluding carboxylic acids is 2. The highest BCUT2D eigenvalue weighted by Crippen LogP contribution is 2.28. The number of halogens is 2. The van der Waals surface area contributed by atoms with Crippen LogP contribution in [0.4, 0.5) is 14.5 Å².